The zero-order valence-corrected chi connectivity index (χ0v) is 7.03. The number of hydrogen-bond acceptors (Lipinski definition) is 2. The molecule has 1 aliphatic carbocycles. The fraction of sp³-hybridized carbons (Fsp3) is 0.889. The second-order valence-corrected chi connectivity index (χ2v) is 3.74. The van der Waals surface area contributed by atoms with Crippen molar-refractivity contribution in [3.63, 3.8) is 0 Å². The minimum absolute atomic E-state index is 0.133. The summed E-state index contributed by atoms with van der Waals surface area (Å²) in [4.78, 5) is 10.8. The van der Waals surface area contributed by atoms with E-state index in [9.17, 15) is 4.79 Å². The van der Waals surface area contributed by atoms with E-state index < -0.39 is 5.97 Å². The van der Waals surface area contributed by atoms with Crippen LogP contribution in [0.4, 0.5) is 0 Å². The largest absolute Gasteiger partial charge is 0.481 e. The highest BCUT2D eigenvalue weighted by atomic mass is 16.5. The number of hydrogen-bond donors (Lipinski definition) is 1. The summed E-state index contributed by atoms with van der Waals surface area (Å²) in [5, 5.41) is 8.93. The number of carbonyl (C=O) groups is 1. The predicted molar refractivity (Wildman–Crippen MR) is 42.8 cm³/mol. The van der Waals surface area contributed by atoms with E-state index in [0.29, 0.717) is 5.92 Å². The average molecular weight is 170 g/mol. The van der Waals surface area contributed by atoms with Crippen molar-refractivity contribution in [1.29, 1.82) is 0 Å². The lowest BCUT2D eigenvalue weighted by Crippen LogP contribution is -2.33. The fourth-order valence-corrected chi connectivity index (χ4v) is 2.48. The molecule has 0 unspecified atom stereocenters. The highest BCUT2D eigenvalue weighted by Crippen LogP contribution is 2.38. The highest BCUT2D eigenvalue weighted by Gasteiger charge is 2.40. The van der Waals surface area contributed by atoms with Crippen LogP contribution in [-0.4, -0.2) is 23.8 Å². The van der Waals surface area contributed by atoms with Gasteiger partial charge in [0.1, 0.15) is 0 Å². The van der Waals surface area contributed by atoms with E-state index in [-0.39, 0.29) is 12.0 Å². The lowest BCUT2D eigenvalue weighted by atomic mass is 9.77. The number of carboxylic acid groups (broad SMARTS) is 1. The number of carboxylic acids is 1. The Balaban J connectivity index is 2.08. The molecule has 0 spiro atoms. The van der Waals surface area contributed by atoms with Gasteiger partial charge in [0.15, 0.2) is 0 Å². The second-order valence-electron chi connectivity index (χ2n) is 3.74. The van der Waals surface area contributed by atoms with Crippen LogP contribution in [-0.2, 0) is 9.53 Å². The van der Waals surface area contributed by atoms with Gasteiger partial charge in [0.2, 0.25) is 0 Å². The van der Waals surface area contributed by atoms with Crippen molar-refractivity contribution in [2.75, 3.05) is 6.61 Å². The van der Waals surface area contributed by atoms with Crippen LogP contribution in [0.25, 0.3) is 0 Å². The van der Waals surface area contributed by atoms with Crippen molar-refractivity contribution in [3.8, 4) is 0 Å². The van der Waals surface area contributed by atoms with Gasteiger partial charge in [-0.25, -0.2) is 0 Å². The second kappa shape index (κ2) is 3.05. The van der Waals surface area contributed by atoms with E-state index in [1.807, 2.05) is 0 Å². The van der Waals surface area contributed by atoms with E-state index in [0.717, 1.165) is 32.3 Å². The highest BCUT2D eigenvalue weighted by molar-refractivity contribution is 5.70. The van der Waals surface area contributed by atoms with Gasteiger partial charge in [-0.2, -0.15) is 0 Å². The molecular weight excluding hydrogens is 156 g/mol. The number of ether oxygens (including phenoxy) is 1. The van der Waals surface area contributed by atoms with Crippen LogP contribution in [0, 0.1) is 11.8 Å². The molecule has 0 amide bonds. The third-order valence-electron chi connectivity index (χ3n) is 3.10. The van der Waals surface area contributed by atoms with Gasteiger partial charge < -0.3 is 9.84 Å². The molecule has 2 rings (SSSR count). The van der Waals surface area contributed by atoms with Crippen LogP contribution in [0.3, 0.4) is 0 Å². The van der Waals surface area contributed by atoms with E-state index in [1.165, 1.54) is 0 Å². The van der Waals surface area contributed by atoms with Crippen LogP contribution >= 0.6 is 0 Å². The first-order valence-electron chi connectivity index (χ1n) is 4.63. The van der Waals surface area contributed by atoms with Gasteiger partial charge in [0, 0.05) is 12.5 Å². The monoisotopic (exact) mass is 170 g/mol. The van der Waals surface area contributed by atoms with Crippen LogP contribution < -0.4 is 0 Å². The maximum Gasteiger partial charge on any atom is 0.306 e. The summed E-state index contributed by atoms with van der Waals surface area (Å²) < 4.78 is 5.47. The number of fused-ring (bicyclic) bond motifs is 1. The number of rotatable bonds is 1. The van der Waals surface area contributed by atoms with E-state index >= 15 is 0 Å². The Bertz CT molecular complexity index is 190. The Kier molecular flexibility index (Phi) is 2.05. The topological polar surface area (TPSA) is 46.5 Å². The van der Waals surface area contributed by atoms with E-state index in [1.54, 1.807) is 0 Å². The Morgan fingerprint density at radius 3 is 2.92 bits per heavy atom. The molecule has 1 aliphatic heterocycles. The summed E-state index contributed by atoms with van der Waals surface area (Å²) in [6.07, 6.45) is 4.12. The molecule has 3 atom stereocenters. The maximum absolute atomic E-state index is 10.8. The van der Waals surface area contributed by atoms with E-state index in [4.69, 9.17) is 9.84 Å². The average Bonchev–Trinajstić information content (AvgIpc) is 2.49. The third kappa shape index (κ3) is 1.22. The molecule has 12 heavy (non-hydrogen) atoms. The Morgan fingerprint density at radius 2 is 2.17 bits per heavy atom. The fourth-order valence-electron chi connectivity index (χ4n) is 2.48. The molecule has 1 saturated heterocycles. The van der Waals surface area contributed by atoms with Crippen LogP contribution in [0.2, 0.25) is 0 Å². The zero-order valence-electron chi connectivity index (χ0n) is 7.03. The first-order chi connectivity index (χ1) is 5.79. The Morgan fingerprint density at radius 1 is 1.33 bits per heavy atom. The van der Waals surface area contributed by atoms with Crippen molar-refractivity contribution >= 4 is 5.97 Å². The molecule has 0 bridgehead atoms. The summed E-state index contributed by atoms with van der Waals surface area (Å²) in [5.74, 6) is -0.460. The van der Waals surface area contributed by atoms with Gasteiger partial charge in [-0.15, -0.1) is 0 Å². The van der Waals surface area contributed by atoms with Gasteiger partial charge in [-0.05, 0) is 25.7 Å². The van der Waals surface area contributed by atoms with Crippen molar-refractivity contribution < 1.29 is 14.6 Å². The van der Waals surface area contributed by atoms with Gasteiger partial charge in [0.25, 0.3) is 0 Å². The van der Waals surface area contributed by atoms with Gasteiger partial charge >= 0.3 is 5.97 Å². The van der Waals surface area contributed by atoms with E-state index in [2.05, 4.69) is 0 Å². The van der Waals surface area contributed by atoms with Gasteiger partial charge in [-0.3, -0.25) is 4.79 Å². The van der Waals surface area contributed by atoms with Gasteiger partial charge in [0.05, 0.1) is 12.0 Å². The molecule has 2 fully saturated rings. The third-order valence-corrected chi connectivity index (χ3v) is 3.10. The molecular formula is C9H14O3. The molecule has 0 radical (unpaired) electrons. The van der Waals surface area contributed by atoms with Crippen molar-refractivity contribution in [2.24, 2.45) is 11.8 Å². The standard InChI is InChI=1S/C9H14O3/c10-9(11)7-2-1-3-8-6(7)4-5-12-8/h6-8H,1-5H2,(H,10,11)/t6-,7+,8-/m1/s1. The number of aliphatic carboxylic acids is 1. The molecule has 1 heterocycles. The summed E-state index contributed by atoms with van der Waals surface area (Å²) in [7, 11) is 0. The molecule has 1 N–H and O–H groups in total. The summed E-state index contributed by atoms with van der Waals surface area (Å²) in [6, 6.07) is 0. The van der Waals surface area contributed by atoms with Crippen molar-refractivity contribution in [1.82, 2.24) is 0 Å². The maximum atomic E-state index is 10.8. The molecule has 0 aromatic heterocycles. The Labute approximate surface area is 71.7 Å². The molecule has 0 aromatic carbocycles. The molecule has 68 valence electrons. The first kappa shape index (κ1) is 8.05. The smallest absolute Gasteiger partial charge is 0.306 e. The summed E-state index contributed by atoms with van der Waals surface area (Å²) in [5.41, 5.74) is 0. The first-order valence-corrected chi connectivity index (χ1v) is 4.63. The quantitative estimate of drug-likeness (QED) is 0.644. The minimum atomic E-state index is -0.629. The Hall–Kier alpha value is -0.570. The minimum Gasteiger partial charge on any atom is -0.481 e. The molecule has 2 aliphatic rings. The predicted octanol–water partition coefficient (Wildman–Crippen LogP) is 1.28. The lowest BCUT2D eigenvalue weighted by molar-refractivity contribution is -0.146. The van der Waals surface area contributed by atoms with Crippen LogP contribution in [0.1, 0.15) is 25.7 Å². The zero-order chi connectivity index (χ0) is 8.55. The summed E-state index contributed by atoms with van der Waals surface area (Å²) >= 11 is 0. The SMILES string of the molecule is O=C(O)[C@H]1CCC[C@H]2OCC[C@H]12. The summed E-state index contributed by atoms with van der Waals surface area (Å²) in [6.45, 7) is 0.763. The lowest BCUT2D eigenvalue weighted by Gasteiger charge is -2.29. The molecule has 1 saturated carbocycles. The molecule has 3 heteroatoms. The molecule has 0 aromatic rings. The molecule has 3 nitrogen and oxygen atoms in total. The normalized spacial score (nSPS) is 40.8. The van der Waals surface area contributed by atoms with Crippen molar-refractivity contribution in [2.45, 2.75) is 31.8 Å². The van der Waals surface area contributed by atoms with Gasteiger partial charge in [-0.1, -0.05) is 0 Å². The van der Waals surface area contributed by atoms with Crippen LogP contribution in [0.15, 0.2) is 0 Å². The van der Waals surface area contributed by atoms with Crippen molar-refractivity contribution in [3.05, 3.63) is 0 Å². The van der Waals surface area contributed by atoms with Crippen LogP contribution in [0.5, 0.6) is 0 Å².